The zero-order chi connectivity index (χ0) is 15.2. The second-order valence-electron chi connectivity index (χ2n) is 4.56. The van der Waals surface area contributed by atoms with E-state index in [2.05, 4.69) is 0 Å². The van der Waals surface area contributed by atoms with Crippen LogP contribution in [0.5, 0.6) is 5.75 Å². The van der Waals surface area contributed by atoms with E-state index in [0.29, 0.717) is 13.0 Å². The van der Waals surface area contributed by atoms with Crippen molar-refractivity contribution < 1.29 is 14.3 Å². The highest BCUT2D eigenvalue weighted by molar-refractivity contribution is 7.15. The van der Waals surface area contributed by atoms with Gasteiger partial charge in [0.1, 0.15) is 11.8 Å². The molecule has 1 heterocycles. The van der Waals surface area contributed by atoms with Gasteiger partial charge in [0, 0.05) is 16.2 Å². The number of hydrogen-bond donors (Lipinski definition) is 1. The molecule has 5 heteroatoms. The summed E-state index contributed by atoms with van der Waals surface area (Å²) >= 11 is 1.63. The molecule has 2 rings (SSSR count). The molecule has 0 saturated heterocycles. The SMILES string of the molecule is CCOC(=O)C(N)Cc1ccc(-c2cccc(OC)c2)s1. The topological polar surface area (TPSA) is 61.5 Å². The van der Waals surface area contributed by atoms with Crippen molar-refractivity contribution in [1.82, 2.24) is 0 Å². The third-order valence-corrected chi connectivity index (χ3v) is 4.18. The summed E-state index contributed by atoms with van der Waals surface area (Å²) < 4.78 is 10.2. The lowest BCUT2D eigenvalue weighted by atomic mass is 10.1. The number of methoxy groups -OCH3 is 1. The quantitative estimate of drug-likeness (QED) is 0.834. The van der Waals surface area contributed by atoms with Crippen molar-refractivity contribution in [2.45, 2.75) is 19.4 Å². The molecule has 1 unspecified atom stereocenters. The number of rotatable bonds is 6. The molecule has 1 atom stereocenters. The van der Waals surface area contributed by atoms with E-state index in [4.69, 9.17) is 15.2 Å². The molecule has 112 valence electrons. The summed E-state index contributed by atoms with van der Waals surface area (Å²) in [7, 11) is 1.65. The second-order valence-corrected chi connectivity index (χ2v) is 5.73. The molecule has 1 aromatic heterocycles. The number of thiophene rings is 1. The third-order valence-electron chi connectivity index (χ3n) is 3.03. The number of hydrogen-bond acceptors (Lipinski definition) is 5. The monoisotopic (exact) mass is 305 g/mol. The van der Waals surface area contributed by atoms with Gasteiger partial charge >= 0.3 is 5.97 Å². The van der Waals surface area contributed by atoms with Crippen LogP contribution in [0, 0.1) is 0 Å². The zero-order valence-corrected chi connectivity index (χ0v) is 13.0. The smallest absolute Gasteiger partial charge is 0.323 e. The largest absolute Gasteiger partial charge is 0.497 e. The molecule has 0 fully saturated rings. The van der Waals surface area contributed by atoms with E-state index in [1.165, 1.54) is 0 Å². The Morgan fingerprint density at radius 1 is 1.33 bits per heavy atom. The Kier molecular flexibility index (Phi) is 5.36. The molecule has 0 radical (unpaired) electrons. The van der Waals surface area contributed by atoms with Gasteiger partial charge in [-0.1, -0.05) is 12.1 Å². The first-order valence-electron chi connectivity index (χ1n) is 6.79. The standard InChI is InChI=1S/C16H19NO3S/c1-3-20-16(18)14(17)10-13-7-8-15(21-13)11-5-4-6-12(9-11)19-2/h4-9,14H,3,10,17H2,1-2H3. The van der Waals surface area contributed by atoms with Gasteiger partial charge in [-0.15, -0.1) is 11.3 Å². The van der Waals surface area contributed by atoms with Crippen LogP contribution in [0.2, 0.25) is 0 Å². The Hall–Kier alpha value is -1.85. The van der Waals surface area contributed by atoms with Crippen LogP contribution in [0.15, 0.2) is 36.4 Å². The van der Waals surface area contributed by atoms with Gasteiger partial charge in [-0.05, 0) is 36.8 Å². The maximum absolute atomic E-state index is 11.5. The van der Waals surface area contributed by atoms with Crippen molar-refractivity contribution in [2.24, 2.45) is 5.73 Å². The fraction of sp³-hybridized carbons (Fsp3) is 0.312. The van der Waals surface area contributed by atoms with Crippen LogP contribution in [0.4, 0.5) is 0 Å². The highest BCUT2D eigenvalue weighted by Crippen LogP contribution is 2.30. The first-order chi connectivity index (χ1) is 10.1. The van der Waals surface area contributed by atoms with Crippen LogP contribution in [0.25, 0.3) is 10.4 Å². The van der Waals surface area contributed by atoms with Crippen molar-refractivity contribution in [3.8, 4) is 16.2 Å². The lowest BCUT2D eigenvalue weighted by molar-refractivity contribution is -0.144. The molecule has 0 saturated carbocycles. The van der Waals surface area contributed by atoms with E-state index in [-0.39, 0.29) is 5.97 Å². The first-order valence-corrected chi connectivity index (χ1v) is 7.61. The van der Waals surface area contributed by atoms with Crippen LogP contribution < -0.4 is 10.5 Å². The molecule has 0 aliphatic carbocycles. The van der Waals surface area contributed by atoms with Crippen molar-refractivity contribution >= 4 is 17.3 Å². The highest BCUT2D eigenvalue weighted by Gasteiger charge is 2.16. The molecular weight excluding hydrogens is 286 g/mol. The van der Waals surface area contributed by atoms with Crippen LogP contribution in [0.3, 0.4) is 0 Å². The Bertz CT molecular complexity index is 609. The summed E-state index contributed by atoms with van der Waals surface area (Å²) in [5, 5.41) is 0. The maximum Gasteiger partial charge on any atom is 0.323 e. The number of benzene rings is 1. The molecule has 21 heavy (non-hydrogen) atoms. The molecular formula is C16H19NO3S. The Morgan fingerprint density at radius 3 is 2.86 bits per heavy atom. The highest BCUT2D eigenvalue weighted by atomic mass is 32.1. The molecule has 0 bridgehead atoms. The molecule has 0 aliphatic rings. The Morgan fingerprint density at radius 2 is 2.14 bits per heavy atom. The molecule has 0 amide bonds. The normalized spacial score (nSPS) is 12.0. The molecule has 2 N–H and O–H groups in total. The first kappa shape index (κ1) is 15.5. The summed E-state index contributed by atoms with van der Waals surface area (Å²) in [6.07, 6.45) is 0.494. The summed E-state index contributed by atoms with van der Waals surface area (Å²) in [6.45, 7) is 2.13. The minimum Gasteiger partial charge on any atom is -0.497 e. The van der Waals surface area contributed by atoms with Crippen LogP contribution in [-0.2, 0) is 16.0 Å². The predicted octanol–water partition coefficient (Wildman–Crippen LogP) is 2.86. The average molecular weight is 305 g/mol. The number of ether oxygens (including phenoxy) is 2. The molecule has 0 aliphatic heterocycles. The van der Waals surface area contributed by atoms with Gasteiger partial charge in [-0.2, -0.15) is 0 Å². The van der Waals surface area contributed by atoms with E-state index in [1.807, 2.05) is 36.4 Å². The van der Waals surface area contributed by atoms with Crippen molar-refractivity contribution in [1.29, 1.82) is 0 Å². The number of esters is 1. The van der Waals surface area contributed by atoms with Gasteiger partial charge in [-0.25, -0.2) is 0 Å². The average Bonchev–Trinajstić information content (AvgIpc) is 2.96. The van der Waals surface area contributed by atoms with Gasteiger partial charge in [0.25, 0.3) is 0 Å². The van der Waals surface area contributed by atoms with Gasteiger partial charge < -0.3 is 15.2 Å². The second kappa shape index (κ2) is 7.24. The summed E-state index contributed by atoms with van der Waals surface area (Å²) in [4.78, 5) is 13.7. The zero-order valence-electron chi connectivity index (χ0n) is 12.2. The van der Waals surface area contributed by atoms with E-state index in [9.17, 15) is 4.79 Å². The van der Waals surface area contributed by atoms with Crippen molar-refractivity contribution in [2.75, 3.05) is 13.7 Å². The minimum absolute atomic E-state index is 0.353. The Balaban J connectivity index is 2.09. The van der Waals surface area contributed by atoms with Crippen LogP contribution in [0.1, 0.15) is 11.8 Å². The summed E-state index contributed by atoms with van der Waals surface area (Å²) in [5.74, 6) is 0.472. The maximum atomic E-state index is 11.5. The summed E-state index contributed by atoms with van der Waals surface area (Å²) in [5.41, 5.74) is 6.93. The van der Waals surface area contributed by atoms with Gasteiger partial charge in [-0.3, -0.25) is 4.79 Å². The van der Waals surface area contributed by atoms with Gasteiger partial charge in [0.15, 0.2) is 0 Å². The fourth-order valence-corrected chi connectivity index (χ4v) is 3.03. The van der Waals surface area contributed by atoms with E-state index < -0.39 is 6.04 Å². The molecule has 1 aromatic carbocycles. The number of carbonyl (C=O) groups excluding carboxylic acids is 1. The molecule has 2 aromatic rings. The van der Waals surface area contributed by atoms with Crippen molar-refractivity contribution in [3.63, 3.8) is 0 Å². The molecule has 4 nitrogen and oxygen atoms in total. The predicted molar refractivity (Wildman–Crippen MR) is 84.6 cm³/mol. The van der Waals surface area contributed by atoms with Gasteiger partial charge in [0.05, 0.1) is 13.7 Å². The van der Waals surface area contributed by atoms with E-state index in [1.54, 1.807) is 25.4 Å². The molecule has 0 spiro atoms. The van der Waals surface area contributed by atoms with E-state index in [0.717, 1.165) is 21.1 Å². The van der Waals surface area contributed by atoms with E-state index >= 15 is 0 Å². The number of nitrogens with two attached hydrogens (primary N) is 1. The fourth-order valence-electron chi connectivity index (χ4n) is 1.97. The lowest BCUT2D eigenvalue weighted by Gasteiger charge is -2.08. The van der Waals surface area contributed by atoms with Crippen LogP contribution in [-0.4, -0.2) is 25.7 Å². The summed E-state index contributed by atoms with van der Waals surface area (Å²) in [6, 6.07) is 11.3. The third kappa shape index (κ3) is 4.06. The van der Waals surface area contributed by atoms with Gasteiger partial charge in [0.2, 0.25) is 0 Å². The van der Waals surface area contributed by atoms with Crippen molar-refractivity contribution in [3.05, 3.63) is 41.3 Å². The number of carbonyl (C=O) groups is 1. The minimum atomic E-state index is -0.609. The van der Waals surface area contributed by atoms with Crippen LogP contribution >= 0.6 is 11.3 Å². The lowest BCUT2D eigenvalue weighted by Crippen LogP contribution is -2.34. The Labute approximate surface area is 128 Å².